The molecule has 2 amide bonds. The molecule has 0 bridgehead atoms. The summed E-state index contributed by atoms with van der Waals surface area (Å²) >= 11 is 0. The van der Waals surface area contributed by atoms with Crippen LogP contribution in [0, 0.1) is 0 Å². The summed E-state index contributed by atoms with van der Waals surface area (Å²) in [6.45, 7) is 3.94. The predicted octanol–water partition coefficient (Wildman–Crippen LogP) is 0.718. The Kier molecular flexibility index (Phi) is 5.13. The van der Waals surface area contributed by atoms with Crippen molar-refractivity contribution in [1.82, 2.24) is 19.8 Å². The highest BCUT2D eigenvalue weighted by Gasteiger charge is 2.32. The van der Waals surface area contributed by atoms with Gasteiger partial charge in [-0.15, -0.1) is 0 Å². The standard InChI is InChI=1S/C18H23N5O4/c1-3-5-14(20-22-15(24)8-9-16(22)25)23-18(27)13-10-11(19)6-7-12(13)17(26)21(23)4-2/h6-7,10,14,20H,3-5,8-9,19H2,1-2H3. The lowest BCUT2D eigenvalue weighted by Gasteiger charge is -2.28. The number of nitrogens with zero attached hydrogens (tertiary/aromatic N) is 3. The molecule has 1 saturated heterocycles. The molecule has 1 aliphatic heterocycles. The van der Waals surface area contributed by atoms with Crippen LogP contribution in [0.25, 0.3) is 10.8 Å². The number of hydrogen-bond donors (Lipinski definition) is 2. The molecular weight excluding hydrogens is 350 g/mol. The monoisotopic (exact) mass is 373 g/mol. The molecule has 27 heavy (non-hydrogen) atoms. The van der Waals surface area contributed by atoms with Gasteiger partial charge in [0.25, 0.3) is 11.1 Å². The highest BCUT2D eigenvalue weighted by atomic mass is 16.2. The first-order valence-electron chi connectivity index (χ1n) is 9.05. The van der Waals surface area contributed by atoms with Gasteiger partial charge in [0, 0.05) is 25.1 Å². The van der Waals surface area contributed by atoms with Gasteiger partial charge in [-0.2, -0.15) is 0 Å². The topological polar surface area (TPSA) is 119 Å². The molecule has 1 aliphatic rings. The molecule has 0 spiro atoms. The fourth-order valence-corrected chi connectivity index (χ4v) is 3.39. The number of nitrogens with one attached hydrogen (secondary N) is 1. The molecule has 144 valence electrons. The summed E-state index contributed by atoms with van der Waals surface area (Å²) in [7, 11) is 0. The lowest BCUT2D eigenvalue weighted by atomic mass is 10.1. The quantitative estimate of drug-likeness (QED) is 0.569. The van der Waals surface area contributed by atoms with E-state index >= 15 is 0 Å². The number of hydrogen-bond acceptors (Lipinski definition) is 6. The number of nitrogen functional groups attached to an aromatic ring is 1. The van der Waals surface area contributed by atoms with Gasteiger partial charge in [0.2, 0.25) is 11.8 Å². The third kappa shape index (κ3) is 3.25. The number of amides is 2. The lowest BCUT2D eigenvalue weighted by Crippen LogP contribution is -2.51. The van der Waals surface area contributed by atoms with E-state index in [1.165, 1.54) is 15.4 Å². The first-order chi connectivity index (χ1) is 12.9. The summed E-state index contributed by atoms with van der Waals surface area (Å²) in [6.07, 6.45) is 0.673. The van der Waals surface area contributed by atoms with Crippen LogP contribution in [0.2, 0.25) is 0 Å². The van der Waals surface area contributed by atoms with Crippen molar-refractivity contribution in [2.45, 2.75) is 52.2 Å². The van der Waals surface area contributed by atoms with Crippen molar-refractivity contribution in [3.63, 3.8) is 0 Å². The number of anilines is 1. The molecule has 1 aromatic heterocycles. The Hall–Kier alpha value is -2.94. The number of nitrogens with two attached hydrogens (primary N) is 1. The summed E-state index contributed by atoms with van der Waals surface area (Å²) in [6, 6.07) is 4.60. The molecule has 1 unspecified atom stereocenters. The van der Waals surface area contributed by atoms with Gasteiger partial charge < -0.3 is 5.73 Å². The maximum absolute atomic E-state index is 13.2. The maximum atomic E-state index is 13.2. The SMILES string of the molecule is CCCC(NN1C(=O)CCC1=O)n1c(=O)c2cc(N)ccc2c(=O)n1CC. The third-order valence-electron chi connectivity index (χ3n) is 4.69. The minimum atomic E-state index is -0.716. The molecule has 0 radical (unpaired) electrons. The molecule has 9 nitrogen and oxygen atoms in total. The maximum Gasteiger partial charge on any atom is 0.274 e. The fourth-order valence-electron chi connectivity index (χ4n) is 3.39. The lowest BCUT2D eigenvalue weighted by molar-refractivity contribution is -0.144. The van der Waals surface area contributed by atoms with Crippen LogP contribution in [-0.2, 0) is 16.1 Å². The van der Waals surface area contributed by atoms with E-state index in [2.05, 4.69) is 5.43 Å². The van der Waals surface area contributed by atoms with Crippen LogP contribution in [0.15, 0.2) is 27.8 Å². The number of carbonyl (C=O) groups is 2. The van der Waals surface area contributed by atoms with E-state index in [4.69, 9.17) is 5.73 Å². The minimum absolute atomic E-state index is 0.133. The minimum Gasteiger partial charge on any atom is -0.399 e. The zero-order chi connectivity index (χ0) is 19.7. The van der Waals surface area contributed by atoms with Crippen LogP contribution in [0.4, 0.5) is 5.69 Å². The van der Waals surface area contributed by atoms with Crippen molar-refractivity contribution >= 4 is 28.3 Å². The molecule has 1 atom stereocenters. The number of hydrazine groups is 1. The van der Waals surface area contributed by atoms with Crippen molar-refractivity contribution in [3.8, 4) is 0 Å². The van der Waals surface area contributed by atoms with Crippen molar-refractivity contribution in [3.05, 3.63) is 38.9 Å². The van der Waals surface area contributed by atoms with Gasteiger partial charge in [-0.3, -0.25) is 19.2 Å². The summed E-state index contributed by atoms with van der Waals surface area (Å²) in [5.74, 6) is -0.686. The number of benzene rings is 1. The van der Waals surface area contributed by atoms with Crippen LogP contribution < -0.4 is 22.3 Å². The van der Waals surface area contributed by atoms with Crippen molar-refractivity contribution in [2.75, 3.05) is 5.73 Å². The van der Waals surface area contributed by atoms with Gasteiger partial charge in [-0.1, -0.05) is 13.3 Å². The first-order valence-corrected chi connectivity index (χ1v) is 9.05. The highest BCUT2D eigenvalue weighted by molar-refractivity contribution is 6.01. The highest BCUT2D eigenvalue weighted by Crippen LogP contribution is 2.17. The normalized spacial score (nSPS) is 15.7. The average Bonchev–Trinajstić information content (AvgIpc) is 2.96. The number of imide groups is 1. The van der Waals surface area contributed by atoms with E-state index in [1.807, 2.05) is 6.92 Å². The Bertz CT molecular complexity index is 1010. The summed E-state index contributed by atoms with van der Waals surface area (Å²) in [5.41, 5.74) is 8.31. The molecule has 0 aliphatic carbocycles. The van der Waals surface area contributed by atoms with Gasteiger partial charge >= 0.3 is 0 Å². The summed E-state index contributed by atoms with van der Waals surface area (Å²) < 4.78 is 2.63. The molecular formula is C18H23N5O4. The van der Waals surface area contributed by atoms with E-state index < -0.39 is 11.7 Å². The Morgan fingerprint density at radius 3 is 2.30 bits per heavy atom. The van der Waals surface area contributed by atoms with Crippen LogP contribution >= 0.6 is 0 Å². The molecule has 1 aromatic carbocycles. The average molecular weight is 373 g/mol. The number of carbonyl (C=O) groups excluding carboxylic acids is 2. The third-order valence-corrected chi connectivity index (χ3v) is 4.69. The molecule has 9 heteroatoms. The van der Waals surface area contributed by atoms with Crippen molar-refractivity contribution in [1.29, 1.82) is 0 Å². The molecule has 2 aromatic rings. The Labute approximate surface area is 155 Å². The Balaban J connectivity index is 2.20. The van der Waals surface area contributed by atoms with Gasteiger partial charge in [-0.25, -0.2) is 19.8 Å². The molecule has 1 fully saturated rings. The van der Waals surface area contributed by atoms with Crippen LogP contribution in [0.5, 0.6) is 0 Å². The zero-order valence-corrected chi connectivity index (χ0v) is 15.4. The second-order valence-electron chi connectivity index (χ2n) is 6.53. The second-order valence-corrected chi connectivity index (χ2v) is 6.53. The predicted molar refractivity (Wildman–Crippen MR) is 101 cm³/mol. The number of aromatic nitrogens is 2. The second kappa shape index (κ2) is 7.36. The van der Waals surface area contributed by atoms with Crippen molar-refractivity contribution in [2.24, 2.45) is 0 Å². The molecule has 3 rings (SSSR count). The summed E-state index contributed by atoms with van der Waals surface area (Å²) in [5, 5.41) is 1.46. The molecule has 2 heterocycles. The number of rotatable bonds is 6. The van der Waals surface area contributed by atoms with E-state index in [0.717, 1.165) is 5.01 Å². The number of fused-ring (bicyclic) bond motifs is 1. The van der Waals surface area contributed by atoms with Gasteiger partial charge in [0.1, 0.15) is 6.17 Å². The first kappa shape index (κ1) is 18.8. The fraction of sp³-hybridized carbons (Fsp3) is 0.444. The summed E-state index contributed by atoms with van der Waals surface area (Å²) in [4.78, 5) is 50.1. The smallest absolute Gasteiger partial charge is 0.274 e. The zero-order valence-electron chi connectivity index (χ0n) is 15.4. The van der Waals surface area contributed by atoms with Gasteiger partial charge in [0.05, 0.1) is 10.8 Å². The molecule has 3 N–H and O–H groups in total. The van der Waals surface area contributed by atoms with E-state index in [1.54, 1.807) is 19.1 Å². The molecule has 0 saturated carbocycles. The van der Waals surface area contributed by atoms with Crippen LogP contribution in [0.1, 0.15) is 45.7 Å². The van der Waals surface area contributed by atoms with Crippen LogP contribution in [-0.4, -0.2) is 26.2 Å². The Morgan fingerprint density at radius 2 is 1.70 bits per heavy atom. The van der Waals surface area contributed by atoms with E-state index in [-0.39, 0.29) is 47.5 Å². The van der Waals surface area contributed by atoms with Crippen LogP contribution in [0.3, 0.4) is 0 Å². The van der Waals surface area contributed by atoms with E-state index in [0.29, 0.717) is 18.5 Å². The largest absolute Gasteiger partial charge is 0.399 e. The van der Waals surface area contributed by atoms with E-state index in [9.17, 15) is 19.2 Å². The van der Waals surface area contributed by atoms with Gasteiger partial charge in [-0.05, 0) is 31.5 Å². The Morgan fingerprint density at radius 1 is 1.04 bits per heavy atom. The van der Waals surface area contributed by atoms with Crippen molar-refractivity contribution < 1.29 is 9.59 Å². The van der Waals surface area contributed by atoms with Gasteiger partial charge in [0.15, 0.2) is 0 Å².